The molecule has 3 heterocycles. The van der Waals surface area contributed by atoms with Gasteiger partial charge in [-0.2, -0.15) is 0 Å². The van der Waals surface area contributed by atoms with E-state index >= 15 is 0 Å². The average Bonchev–Trinajstić information content (AvgIpc) is 3.28. The number of nitrogens with one attached hydrogen (secondary N) is 1. The second-order valence-corrected chi connectivity index (χ2v) is 8.06. The van der Waals surface area contributed by atoms with Gasteiger partial charge in [-0.25, -0.2) is 9.78 Å². The molecule has 0 radical (unpaired) electrons. The Kier molecular flexibility index (Phi) is 5.41. The van der Waals surface area contributed by atoms with Crippen LogP contribution in [0.25, 0.3) is 11.2 Å². The van der Waals surface area contributed by atoms with Crippen molar-refractivity contribution in [2.75, 3.05) is 6.54 Å². The molecule has 1 aliphatic heterocycles. The molecule has 1 atom stereocenters. The molecule has 1 aliphatic rings. The summed E-state index contributed by atoms with van der Waals surface area (Å²) in [5.41, 5.74) is 2.81. The number of H-pyrrole nitrogens is 1. The first-order chi connectivity index (χ1) is 14.0. The van der Waals surface area contributed by atoms with Crippen LogP contribution in [-0.4, -0.2) is 30.5 Å². The normalized spacial score (nSPS) is 17.4. The maximum atomic E-state index is 12.5. The molecule has 1 N–H and O–H groups in total. The highest BCUT2D eigenvalue weighted by atomic mass is 16.2. The number of hydrogen-bond acceptors (Lipinski definition) is 4. The molecule has 2 aromatic heterocycles. The van der Waals surface area contributed by atoms with Gasteiger partial charge in [0.15, 0.2) is 11.2 Å². The van der Waals surface area contributed by atoms with Gasteiger partial charge in [0, 0.05) is 19.6 Å². The average molecular weight is 396 g/mol. The SMILES string of the molecule is CCCCn1c(=O)[nH]c(=O)c2c1nc(CN1CCCC1c1ccc(C)cc1)n2C. The largest absolute Gasteiger partial charge is 0.330 e. The Morgan fingerprint density at radius 2 is 1.97 bits per heavy atom. The molecule has 154 valence electrons. The van der Waals surface area contributed by atoms with Gasteiger partial charge in [0.2, 0.25) is 0 Å². The number of fused-ring (bicyclic) bond motifs is 1. The fourth-order valence-electron chi connectivity index (χ4n) is 4.32. The number of rotatable bonds is 6. The summed E-state index contributed by atoms with van der Waals surface area (Å²) in [5.74, 6) is 0.820. The molecule has 3 aromatic rings. The standard InChI is InChI=1S/C22H29N5O2/c1-4-5-13-27-20-19(21(28)24-22(27)29)25(3)18(23-20)14-26-12-6-7-17(26)16-10-8-15(2)9-11-16/h8-11,17H,4-7,12-14H2,1-3H3,(H,24,28,29). The fourth-order valence-corrected chi connectivity index (χ4v) is 4.32. The van der Waals surface area contributed by atoms with Gasteiger partial charge >= 0.3 is 5.69 Å². The van der Waals surface area contributed by atoms with Crippen molar-refractivity contribution in [1.29, 1.82) is 0 Å². The van der Waals surface area contributed by atoms with E-state index in [0.717, 1.165) is 38.1 Å². The van der Waals surface area contributed by atoms with Crippen LogP contribution in [0.3, 0.4) is 0 Å². The highest BCUT2D eigenvalue weighted by Crippen LogP contribution is 2.33. The lowest BCUT2D eigenvalue weighted by atomic mass is 10.0. The van der Waals surface area contributed by atoms with Crippen LogP contribution < -0.4 is 11.2 Å². The van der Waals surface area contributed by atoms with E-state index in [1.54, 1.807) is 4.57 Å². The van der Waals surface area contributed by atoms with E-state index in [0.29, 0.717) is 30.3 Å². The summed E-state index contributed by atoms with van der Waals surface area (Å²) < 4.78 is 3.45. The summed E-state index contributed by atoms with van der Waals surface area (Å²) in [6.45, 7) is 6.41. The molecule has 1 aromatic carbocycles. The van der Waals surface area contributed by atoms with Crippen molar-refractivity contribution in [2.45, 2.75) is 58.7 Å². The quantitative estimate of drug-likeness (QED) is 0.696. The maximum absolute atomic E-state index is 12.5. The second kappa shape index (κ2) is 7.99. The van der Waals surface area contributed by atoms with E-state index in [2.05, 4.69) is 48.0 Å². The topological polar surface area (TPSA) is 75.9 Å². The van der Waals surface area contributed by atoms with Gasteiger partial charge in [0.25, 0.3) is 5.56 Å². The third kappa shape index (κ3) is 3.67. The molecule has 0 aliphatic carbocycles. The fraction of sp³-hybridized carbons (Fsp3) is 0.500. The molecule has 0 spiro atoms. The summed E-state index contributed by atoms with van der Waals surface area (Å²) in [4.78, 5) is 34.4. The lowest BCUT2D eigenvalue weighted by Gasteiger charge is -2.24. The van der Waals surface area contributed by atoms with Crippen molar-refractivity contribution < 1.29 is 0 Å². The number of hydrogen-bond donors (Lipinski definition) is 1. The molecular formula is C22H29N5O2. The Bertz CT molecular complexity index is 1120. The number of aromatic nitrogens is 4. The molecule has 0 saturated carbocycles. The molecule has 1 unspecified atom stereocenters. The van der Waals surface area contributed by atoms with Crippen LogP contribution in [0.2, 0.25) is 0 Å². The van der Waals surface area contributed by atoms with Crippen molar-refractivity contribution in [1.82, 2.24) is 24.0 Å². The minimum absolute atomic E-state index is 0.357. The van der Waals surface area contributed by atoms with Gasteiger partial charge in [-0.15, -0.1) is 0 Å². The lowest BCUT2D eigenvalue weighted by molar-refractivity contribution is 0.240. The smallest absolute Gasteiger partial charge is 0.324 e. The van der Waals surface area contributed by atoms with Crippen LogP contribution in [-0.2, 0) is 20.1 Å². The van der Waals surface area contributed by atoms with Gasteiger partial charge in [0.05, 0.1) is 6.54 Å². The summed E-state index contributed by atoms with van der Waals surface area (Å²) in [6, 6.07) is 9.09. The van der Waals surface area contributed by atoms with Gasteiger partial charge in [-0.3, -0.25) is 19.2 Å². The molecule has 7 heteroatoms. The van der Waals surface area contributed by atoms with Crippen molar-refractivity contribution in [3.8, 4) is 0 Å². The number of likely N-dealkylation sites (tertiary alicyclic amines) is 1. The van der Waals surface area contributed by atoms with Crippen molar-refractivity contribution >= 4 is 11.2 Å². The highest BCUT2D eigenvalue weighted by Gasteiger charge is 2.28. The predicted octanol–water partition coefficient (Wildman–Crippen LogP) is 2.87. The maximum Gasteiger partial charge on any atom is 0.330 e. The van der Waals surface area contributed by atoms with E-state index < -0.39 is 0 Å². The van der Waals surface area contributed by atoms with E-state index in [-0.39, 0.29) is 11.2 Å². The predicted molar refractivity (Wildman–Crippen MR) is 114 cm³/mol. The van der Waals surface area contributed by atoms with E-state index in [1.807, 2.05) is 11.6 Å². The molecule has 1 saturated heterocycles. The molecular weight excluding hydrogens is 366 g/mol. The van der Waals surface area contributed by atoms with Crippen LogP contribution in [0.1, 0.15) is 55.6 Å². The van der Waals surface area contributed by atoms with Crippen molar-refractivity contribution in [3.05, 3.63) is 62.1 Å². The monoisotopic (exact) mass is 395 g/mol. The Labute approximate surface area is 170 Å². The molecule has 0 bridgehead atoms. The number of unbranched alkanes of at least 4 members (excludes halogenated alkanes) is 1. The zero-order valence-electron chi connectivity index (χ0n) is 17.4. The summed E-state index contributed by atoms with van der Waals surface area (Å²) >= 11 is 0. The summed E-state index contributed by atoms with van der Waals surface area (Å²) in [5, 5.41) is 0. The summed E-state index contributed by atoms with van der Waals surface area (Å²) in [6.07, 6.45) is 4.10. The molecule has 0 amide bonds. The Hall–Kier alpha value is -2.67. The lowest BCUT2D eigenvalue weighted by Crippen LogP contribution is -2.31. The van der Waals surface area contributed by atoms with Crippen molar-refractivity contribution in [3.63, 3.8) is 0 Å². The van der Waals surface area contributed by atoms with Crippen LogP contribution in [0, 0.1) is 6.92 Å². The third-order valence-electron chi connectivity index (χ3n) is 6.01. The van der Waals surface area contributed by atoms with Crippen LogP contribution in [0.15, 0.2) is 33.9 Å². The van der Waals surface area contributed by atoms with E-state index in [4.69, 9.17) is 4.98 Å². The Morgan fingerprint density at radius 3 is 2.69 bits per heavy atom. The first-order valence-corrected chi connectivity index (χ1v) is 10.5. The first-order valence-electron chi connectivity index (χ1n) is 10.5. The molecule has 4 rings (SSSR count). The van der Waals surface area contributed by atoms with Gasteiger partial charge < -0.3 is 4.57 Å². The highest BCUT2D eigenvalue weighted by molar-refractivity contribution is 5.70. The zero-order chi connectivity index (χ0) is 20.5. The van der Waals surface area contributed by atoms with Crippen LogP contribution >= 0.6 is 0 Å². The first kappa shape index (κ1) is 19.6. The number of nitrogens with zero attached hydrogens (tertiary/aromatic N) is 4. The summed E-state index contributed by atoms with van der Waals surface area (Å²) in [7, 11) is 1.87. The second-order valence-electron chi connectivity index (χ2n) is 8.06. The molecule has 7 nitrogen and oxygen atoms in total. The number of aryl methyl sites for hydroxylation is 3. The van der Waals surface area contributed by atoms with Gasteiger partial charge in [-0.1, -0.05) is 43.2 Å². The van der Waals surface area contributed by atoms with Gasteiger partial charge in [0.1, 0.15) is 5.82 Å². The number of imidazole rings is 1. The van der Waals surface area contributed by atoms with E-state index in [9.17, 15) is 9.59 Å². The van der Waals surface area contributed by atoms with Crippen LogP contribution in [0.4, 0.5) is 0 Å². The van der Waals surface area contributed by atoms with Gasteiger partial charge in [-0.05, 0) is 38.3 Å². The minimum atomic E-state index is -0.376. The third-order valence-corrected chi connectivity index (χ3v) is 6.01. The number of benzene rings is 1. The molecule has 29 heavy (non-hydrogen) atoms. The van der Waals surface area contributed by atoms with Crippen molar-refractivity contribution in [2.24, 2.45) is 7.05 Å². The van der Waals surface area contributed by atoms with E-state index in [1.165, 1.54) is 11.1 Å². The zero-order valence-corrected chi connectivity index (χ0v) is 17.4. The Morgan fingerprint density at radius 1 is 1.21 bits per heavy atom. The minimum Gasteiger partial charge on any atom is -0.324 e. The molecule has 1 fully saturated rings. The number of aromatic amines is 1. The van der Waals surface area contributed by atoms with Crippen LogP contribution in [0.5, 0.6) is 0 Å². The Balaban J connectivity index is 1.70.